The Labute approximate surface area is 156 Å². The van der Waals surface area contributed by atoms with Gasteiger partial charge in [-0.2, -0.15) is 0 Å². The van der Waals surface area contributed by atoms with Gasteiger partial charge in [0.25, 0.3) is 5.91 Å². The lowest BCUT2D eigenvalue weighted by Crippen LogP contribution is -2.28. The van der Waals surface area contributed by atoms with Gasteiger partial charge in [0.15, 0.2) is 0 Å². The van der Waals surface area contributed by atoms with Gasteiger partial charge in [0.1, 0.15) is 23.3 Å². The van der Waals surface area contributed by atoms with Gasteiger partial charge in [-0.15, -0.1) is 23.7 Å². The molecule has 0 saturated heterocycles. The number of aliphatic hydroxyl groups excluding tert-OH is 1. The summed E-state index contributed by atoms with van der Waals surface area (Å²) in [5.41, 5.74) is 6.34. The van der Waals surface area contributed by atoms with Crippen molar-refractivity contribution in [2.45, 2.75) is 12.5 Å². The second-order valence-electron chi connectivity index (χ2n) is 5.00. The normalized spacial score (nSPS) is 11.4. The summed E-state index contributed by atoms with van der Waals surface area (Å²) in [6, 6.07) is 5.12. The minimum absolute atomic E-state index is 0. The molecular formula is C16H22ClN3O4S. The summed E-state index contributed by atoms with van der Waals surface area (Å²) in [5, 5.41) is 15.5. The van der Waals surface area contributed by atoms with Crippen molar-refractivity contribution in [1.29, 1.82) is 0 Å². The molecule has 2 rings (SSSR count). The third kappa shape index (κ3) is 5.57. The zero-order chi connectivity index (χ0) is 17.5. The van der Waals surface area contributed by atoms with E-state index in [1.807, 2.05) is 0 Å². The zero-order valence-corrected chi connectivity index (χ0v) is 15.7. The summed E-state index contributed by atoms with van der Waals surface area (Å²) in [7, 11) is 3.06. The van der Waals surface area contributed by atoms with Crippen LogP contribution in [0.2, 0.25) is 0 Å². The lowest BCUT2D eigenvalue weighted by atomic mass is 10.1. The molecule has 0 bridgehead atoms. The first kappa shape index (κ1) is 21.2. The second kappa shape index (κ2) is 10.2. The van der Waals surface area contributed by atoms with Gasteiger partial charge in [-0.3, -0.25) is 4.79 Å². The highest BCUT2D eigenvalue weighted by molar-refractivity contribution is 7.09. The lowest BCUT2D eigenvalue weighted by molar-refractivity contribution is 0.0910. The molecule has 9 heteroatoms. The fourth-order valence-electron chi connectivity index (χ4n) is 2.14. The summed E-state index contributed by atoms with van der Waals surface area (Å²) in [6.07, 6.45) is -0.289. The predicted octanol–water partition coefficient (Wildman–Crippen LogP) is 1.55. The Morgan fingerprint density at radius 1 is 1.40 bits per heavy atom. The number of aliphatic hydroxyl groups is 1. The van der Waals surface area contributed by atoms with Crippen LogP contribution in [-0.4, -0.2) is 43.3 Å². The van der Waals surface area contributed by atoms with Crippen molar-refractivity contribution in [1.82, 2.24) is 10.3 Å². The Balaban J connectivity index is 0.00000312. The van der Waals surface area contributed by atoms with Crippen molar-refractivity contribution >= 4 is 29.7 Å². The topological polar surface area (TPSA) is 107 Å². The molecule has 0 spiro atoms. The maximum absolute atomic E-state index is 12.1. The van der Waals surface area contributed by atoms with E-state index >= 15 is 0 Å². The highest BCUT2D eigenvalue weighted by Gasteiger charge is 2.17. The summed E-state index contributed by atoms with van der Waals surface area (Å²) < 4.78 is 10.4. The van der Waals surface area contributed by atoms with E-state index in [2.05, 4.69) is 10.3 Å². The van der Waals surface area contributed by atoms with E-state index in [-0.39, 0.29) is 24.9 Å². The Morgan fingerprint density at radius 2 is 2.16 bits per heavy atom. The van der Waals surface area contributed by atoms with Crippen molar-refractivity contribution in [3.05, 3.63) is 39.8 Å². The lowest BCUT2D eigenvalue weighted by Gasteiger charge is -2.16. The molecule has 2 aromatic rings. The number of methoxy groups -OCH3 is 2. The standard InChI is InChI=1S/C16H21N3O4S.ClH/c1-22-10-3-4-14(23-2)11(7-10)13(20)8-18-16(21)12-9-24-15(19-12)5-6-17;/h3-4,7,9,13,20H,5-6,8,17H2,1-2H3,(H,18,21);1H. The van der Waals surface area contributed by atoms with Gasteiger partial charge in [0.2, 0.25) is 0 Å². The number of aromatic nitrogens is 1. The van der Waals surface area contributed by atoms with E-state index in [0.717, 1.165) is 5.01 Å². The molecule has 0 fully saturated rings. The minimum Gasteiger partial charge on any atom is -0.497 e. The molecule has 4 N–H and O–H groups in total. The zero-order valence-electron chi connectivity index (χ0n) is 14.0. The van der Waals surface area contributed by atoms with Crippen LogP contribution in [0.5, 0.6) is 11.5 Å². The third-order valence-electron chi connectivity index (χ3n) is 3.39. The molecule has 0 saturated carbocycles. The number of hydrogen-bond donors (Lipinski definition) is 3. The number of carbonyl (C=O) groups is 1. The van der Waals surface area contributed by atoms with E-state index in [0.29, 0.717) is 35.7 Å². The number of ether oxygens (including phenoxy) is 2. The molecule has 25 heavy (non-hydrogen) atoms. The van der Waals surface area contributed by atoms with Crippen molar-refractivity contribution < 1.29 is 19.4 Å². The van der Waals surface area contributed by atoms with Crippen LogP contribution in [0.4, 0.5) is 0 Å². The van der Waals surface area contributed by atoms with Crippen molar-refractivity contribution in [2.24, 2.45) is 5.73 Å². The van der Waals surface area contributed by atoms with E-state index in [4.69, 9.17) is 15.2 Å². The summed E-state index contributed by atoms with van der Waals surface area (Å²) >= 11 is 1.39. The van der Waals surface area contributed by atoms with E-state index < -0.39 is 6.10 Å². The van der Waals surface area contributed by atoms with Crippen LogP contribution in [-0.2, 0) is 6.42 Å². The highest BCUT2D eigenvalue weighted by atomic mass is 35.5. The second-order valence-corrected chi connectivity index (χ2v) is 5.94. The SMILES string of the molecule is COc1ccc(OC)c(C(O)CNC(=O)c2csc(CCN)n2)c1.Cl. The fourth-order valence-corrected chi connectivity index (χ4v) is 2.94. The summed E-state index contributed by atoms with van der Waals surface area (Å²) in [6.45, 7) is 0.523. The van der Waals surface area contributed by atoms with E-state index in [1.165, 1.54) is 18.4 Å². The van der Waals surface area contributed by atoms with Crippen LogP contribution in [0.25, 0.3) is 0 Å². The van der Waals surface area contributed by atoms with Crippen LogP contribution in [0, 0.1) is 0 Å². The molecule has 0 aliphatic rings. The van der Waals surface area contributed by atoms with Crippen molar-refractivity contribution in [3.8, 4) is 11.5 Å². The van der Waals surface area contributed by atoms with Crippen molar-refractivity contribution in [3.63, 3.8) is 0 Å². The Kier molecular flexibility index (Phi) is 8.64. The van der Waals surface area contributed by atoms with Crippen LogP contribution < -0.4 is 20.5 Å². The van der Waals surface area contributed by atoms with Crippen molar-refractivity contribution in [2.75, 3.05) is 27.3 Å². The number of rotatable bonds is 8. The van der Waals surface area contributed by atoms with Gasteiger partial charge in [0, 0.05) is 23.9 Å². The van der Waals surface area contributed by atoms with Gasteiger partial charge < -0.3 is 25.6 Å². The monoisotopic (exact) mass is 387 g/mol. The van der Waals surface area contributed by atoms with Crippen LogP contribution in [0.15, 0.2) is 23.6 Å². The summed E-state index contributed by atoms with van der Waals surface area (Å²) in [5.74, 6) is 0.786. The fraction of sp³-hybridized carbons (Fsp3) is 0.375. The Bertz CT molecular complexity index is 696. The molecular weight excluding hydrogens is 366 g/mol. The average molecular weight is 388 g/mol. The molecule has 1 unspecified atom stereocenters. The maximum Gasteiger partial charge on any atom is 0.270 e. The largest absolute Gasteiger partial charge is 0.497 e. The molecule has 1 aromatic carbocycles. The Hall–Kier alpha value is -1.87. The number of amides is 1. The molecule has 138 valence electrons. The first-order valence-corrected chi connectivity index (χ1v) is 8.29. The molecule has 0 aliphatic carbocycles. The van der Waals surface area contributed by atoms with Gasteiger partial charge in [-0.1, -0.05) is 0 Å². The number of carbonyl (C=O) groups excluding carboxylic acids is 1. The first-order chi connectivity index (χ1) is 11.6. The van der Waals surface area contributed by atoms with Gasteiger partial charge in [-0.25, -0.2) is 4.98 Å². The number of nitrogens with zero attached hydrogens (tertiary/aromatic N) is 1. The number of nitrogens with two attached hydrogens (primary N) is 1. The van der Waals surface area contributed by atoms with Crippen LogP contribution >= 0.6 is 23.7 Å². The molecule has 1 atom stereocenters. The number of thiazole rings is 1. The molecule has 0 aliphatic heterocycles. The van der Waals surface area contributed by atoms with E-state index in [1.54, 1.807) is 30.7 Å². The van der Waals surface area contributed by atoms with Gasteiger partial charge in [0.05, 0.1) is 19.2 Å². The van der Waals surface area contributed by atoms with Crippen LogP contribution in [0.1, 0.15) is 27.2 Å². The number of benzene rings is 1. The van der Waals surface area contributed by atoms with Crippen LogP contribution in [0.3, 0.4) is 0 Å². The molecule has 1 heterocycles. The summed E-state index contributed by atoms with van der Waals surface area (Å²) in [4.78, 5) is 16.3. The minimum atomic E-state index is -0.929. The molecule has 7 nitrogen and oxygen atoms in total. The predicted molar refractivity (Wildman–Crippen MR) is 99.0 cm³/mol. The number of hydrogen-bond acceptors (Lipinski definition) is 7. The quantitative estimate of drug-likeness (QED) is 0.634. The smallest absolute Gasteiger partial charge is 0.270 e. The van der Waals surface area contributed by atoms with Gasteiger partial charge in [-0.05, 0) is 24.7 Å². The first-order valence-electron chi connectivity index (χ1n) is 7.41. The average Bonchev–Trinajstić information content (AvgIpc) is 3.07. The number of halogens is 1. The van der Waals surface area contributed by atoms with E-state index in [9.17, 15) is 9.90 Å². The highest BCUT2D eigenvalue weighted by Crippen LogP contribution is 2.29. The molecule has 0 radical (unpaired) electrons. The maximum atomic E-state index is 12.1. The number of nitrogens with one attached hydrogen (secondary N) is 1. The molecule has 1 aromatic heterocycles. The molecule has 1 amide bonds. The van der Waals surface area contributed by atoms with Gasteiger partial charge >= 0.3 is 0 Å². The Morgan fingerprint density at radius 3 is 2.80 bits per heavy atom. The third-order valence-corrected chi connectivity index (χ3v) is 4.30.